The van der Waals surface area contributed by atoms with E-state index in [0.717, 1.165) is 19.5 Å². The normalized spacial score (nSPS) is 16.2. The Bertz CT molecular complexity index is 996. The van der Waals surface area contributed by atoms with E-state index in [0.29, 0.717) is 28.9 Å². The molecule has 146 valence electrons. The van der Waals surface area contributed by atoms with Crippen molar-refractivity contribution in [2.75, 3.05) is 36.6 Å². The first-order valence-electron chi connectivity index (χ1n) is 9.07. The van der Waals surface area contributed by atoms with Crippen LogP contribution in [-0.2, 0) is 0 Å². The highest BCUT2D eigenvalue weighted by Crippen LogP contribution is 2.25. The van der Waals surface area contributed by atoms with Gasteiger partial charge in [-0.1, -0.05) is 0 Å². The molecule has 0 saturated carbocycles. The molecule has 1 atom stereocenters. The maximum absolute atomic E-state index is 12.9. The minimum atomic E-state index is -0.430. The topological polar surface area (TPSA) is 131 Å². The van der Waals surface area contributed by atoms with E-state index in [1.807, 2.05) is 0 Å². The lowest BCUT2D eigenvalue weighted by Crippen LogP contribution is -2.29. The highest BCUT2D eigenvalue weighted by molar-refractivity contribution is 6.12. The maximum atomic E-state index is 12.9. The van der Waals surface area contributed by atoms with Crippen LogP contribution in [0, 0.1) is 0 Å². The number of anilines is 3. The molecule has 3 aromatic rings. The molecule has 1 fully saturated rings. The van der Waals surface area contributed by atoms with Crippen molar-refractivity contribution < 1.29 is 9.53 Å². The molecule has 5 N–H and O–H groups in total. The Balaban J connectivity index is 1.59. The number of rotatable bonds is 6. The Morgan fingerprint density at radius 2 is 2.36 bits per heavy atom. The van der Waals surface area contributed by atoms with E-state index in [1.54, 1.807) is 24.5 Å². The number of aromatic nitrogens is 4. The summed E-state index contributed by atoms with van der Waals surface area (Å²) in [6, 6.07) is 3.89. The number of nitrogens with one attached hydrogen (secondary N) is 3. The van der Waals surface area contributed by atoms with Crippen LogP contribution in [0.25, 0.3) is 5.65 Å². The van der Waals surface area contributed by atoms with Gasteiger partial charge in [-0.05, 0) is 25.5 Å². The third-order valence-corrected chi connectivity index (χ3v) is 4.68. The zero-order chi connectivity index (χ0) is 19.5. The summed E-state index contributed by atoms with van der Waals surface area (Å²) in [5.41, 5.74) is 7.01. The SMILES string of the molecule is COc1ccncc1NC(=O)c1c(N)nn2ccc(NCC3CCCN3)nc12. The third kappa shape index (κ3) is 3.54. The summed E-state index contributed by atoms with van der Waals surface area (Å²) in [6.45, 7) is 1.81. The number of ether oxygens (including phenoxy) is 1. The van der Waals surface area contributed by atoms with E-state index < -0.39 is 5.91 Å². The lowest BCUT2D eigenvalue weighted by molar-refractivity contribution is 0.102. The average molecular weight is 382 g/mol. The molecule has 28 heavy (non-hydrogen) atoms. The summed E-state index contributed by atoms with van der Waals surface area (Å²) >= 11 is 0. The molecule has 0 radical (unpaired) electrons. The van der Waals surface area contributed by atoms with Crippen LogP contribution in [0.15, 0.2) is 30.7 Å². The number of hydrogen-bond donors (Lipinski definition) is 4. The number of carbonyl (C=O) groups excluding carboxylic acids is 1. The van der Waals surface area contributed by atoms with Crippen molar-refractivity contribution in [2.45, 2.75) is 18.9 Å². The predicted octanol–water partition coefficient (Wildman–Crippen LogP) is 1.13. The van der Waals surface area contributed by atoms with Crippen LogP contribution in [0.5, 0.6) is 5.75 Å². The maximum Gasteiger partial charge on any atom is 0.263 e. The van der Waals surface area contributed by atoms with E-state index in [2.05, 4.69) is 31.0 Å². The highest BCUT2D eigenvalue weighted by Gasteiger charge is 2.21. The number of carbonyl (C=O) groups is 1. The minimum absolute atomic E-state index is 0.0995. The summed E-state index contributed by atoms with van der Waals surface area (Å²) in [5, 5.41) is 13.7. The van der Waals surface area contributed by atoms with Gasteiger partial charge in [0.1, 0.15) is 22.8 Å². The van der Waals surface area contributed by atoms with Gasteiger partial charge in [-0.25, -0.2) is 9.50 Å². The van der Waals surface area contributed by atoms with Gasteiger partial charge in [0.2, 0.25) is 0 Å². The number of hydrogen-bond acceptors (Lipinski definition) is 8. The fourth-order valence-electron chi connectivity index (χ4n) is 3.26. The summed E-state index contributed by atoms with van der Waals surface area (Å²) in [7, 11) is 1.52. The van der Waals surface area contributed by atoms with Crippen LogP contribution in [0.1, 0.15) is 23.2 Å². The average Bonchev–Trinajstić information content (AvgIpc) is 3.33. The molecular formula is C18H22N8O2. The lowest BCUT2D eigenvalue weighted by Gasteiger charge is -2.12. The van der Waals surface area contributed by atoms with Gasteiger partial charge >= 0.3 is 0 Å². The molecule has 1 aliphatic heterocycles. The Morgan fingerprint density at radius 1 is 1.46 bits per heavy atom. The standard InChI is InChI=1S/C18H22N8O2/c1-28-13-4-7-20-10-12(13)23-18(27)15-16(19)25-26-8-5-14(24-17(15)26)22-9-11-3-2-6-21-11/h4-5,7-8,10-11,21H,2-3,6,9H2,1H3,(H2,19,25)(H,22,24)(H,23,27). The van der Waals surface area contributed by atoms with Crippen molar-refractivity contribution in [3.63, 3.8) is 0 Å². The monoisotopic (exact) mass is 382 g/mol. The molecule has 4 heterocycles. The first-order chi connectivity index (χ1) is 13.7. The molecule has 0 aromatic carbocycles. The zero-order valence-electron chi connectivity index (χ0n) is 15.5. The Kier molecular flexibility index (Phi) is 4.94. The highest BCUT2D eigenvalue weighted by atomic mass is 16.5. The second-order valence-electron chi connectivity index (χ2n) is 6.55. The van der Waals surface area contributed by atoms with Gasteiger partial charge in [-0.3, -0.25) is 9.78 Å². The fourth-order valence-corrected chi connectivity index (χ4v) is 3.26. The first-order valence-corrected chi connectivity index (χ1v) is 9.07. The van der Waals surface area contributed by atoms with Crippen LogP contribution < -0.4 is 26.4 Å². The molecule has 0 spiro atoms. The lowest BCUT2D eigenvalue weighted by atomic mass is 10.2. The first kappa shape index (κ1) is 18.0. The molecule has 1 aliphatic rings. The van der Waals surface area contributed by atoms with E-state index in [4.69, 9.17) is 10.5 Å². The van der Waals surface area contributed by atoms with Crippen molar-refractivity contribution in [3.8, 4) is 5.75 Å². The number of methoxy groups -OCH3 is 1. The number of amides is 1. The van der Waals surface area contributed by atoms with Gasteiger partial charge in [0.25, 0.3) is 5.91 Å². The van der Waals surface area contributed by atoms with Gasteiger partial charge in [-0.2, -0.15) is 0 Å². The van der Waals surface area contributed by atoms with Gasteiger partial charge in [0.05, 0.1) is 13.3 Å². The Labute approximate surface area is 161 Å². The third-order valence-electron chi connectivity index (χ3n) is 4.68. The second kappa shape index (κ2) is 7.69. The van der Waals surface area contributed by atoms with Crippen molar-refractivity contribution in [3.05, 3.63) is 36.3 Å². The Hall–Kier alpha value is -3.40. The molecule has 10 heteroatoms. The van der Waals surface area contributed by atoms with E-state index in [9.17, 15) is 4.79 Å². The number of pyridine rings is 1. The van der Waals surface area contributed by atoms with Crippen LogP contribution >= 0.6 is 0 Å². The molecular weight excluding hydrogens is 360 g/mol. The predicted molar refractivity (Wildman–Crippen MR) is 106 cm³/mol. The molecule has 1 amide bonds. The van der Waals surface area contributed by atoms with Crippen molar-refractivity contribution in [1.29, 1.82) is 0 Å². The van der Waals surface area contributed by atoms with Crippen LogP contribution in [0.3, 0.4) is 0 Å². The van der Waals surface area contributed by atoms with Gasteiger partial charge < -0.3 is 26.4 Å². The largest absolute Gasteiger partial charge is 0.494 e. The molecule has 4 rings (SSSR count). The van der Waals surface area contributed by atoms with Gasteiger partial charge in [0, 0.05) is 31.0 Å². The van der Waals surface area contributed by atoms with Crippen molar-refractivity contribution in [1.82, 2.24) is 24.9 Å². The summed E-state index contributed by atoms with van der Waals surface area (Å²) < 4.78 is 6.73. The molecule has 1 unspecified atom stereocenters. The second-order valence-corrected chi connectivity index (χ2v) is 6.55. The smallest absolute Gasteiger partial charge is 0.263 e. The number of fused-ring (bicyclic) bond motifs is 1. The molecule has 1 saturated heterocycles. The number of nitrogens with two attached hydrogens (primary N) is 1. The minimum Gasteiger partial charge on any atom is -0.494 e. The van der Waals surface area contributed by atoms with Crippen LogP contribution in [-0.4, -0.2) is 51.7 Å². The van der Waals surface area contributed by atoms with E-state index >= 15 is 0 Å². The summed E-state index contributed by atoms with van der Waals surface area (Å²) in [4.78, 5) is 21.4. The molecule has 10 nitrogen and oxygen atoms in total. The Morgan fingerprint density at radius 3 is 3.14 bits per heavy atom. The molecule has 3 aromatic heterocycles. The number of nitrogen functional groups attached to an aromatic ring is 1. The zero-order valence-corrected chi connectivity index (χ0v) is 15.5. The molecule has 0 bridgehead atoms. The summed E-state index contributed by atoms with van der Waals surface area (Å²) in [5.74, 6) is 0.829. The van der Waals surface area contributed by atoms with Crippen molar-refractivity contribution >= 4 is 28.9 Å². The van der Waals surface area contributed by atoms with Crippen LogP contribution in [0.2, 0.25) is 0 Å². The fraction of sp³-hybridized carbons (Fsp3) is 0.333. The van der Waals surface area contributed by atoms with E-state index in [-0.39, 0.29) is 11.4 Å². The number of nitrogens with zero attached hydrogens (tertiary/aromatic N) is 4. The van der Waals surface area contributed by atoms with Crippen LogP contribution in [0.4, 0.5) is 17.3 Å². The quantitative estimate of drug-likeness (QED) is 0.499. The van der Waals surface area contributed by atoms with Crippen molar-refractivity contribution in [2.24, 2.45) is 0 Å². The summed E-state index contributed by atoms with van der Waals surface area (Å²) in [6.07, 6.45) is 7.13. The van der Waals surface area contributed by atoms with E-state index in [1.165, 1.54) is 24.2 Å². The van der Waals surface area contributed by atoms with Gasteiger partial charge in [-0.15, -0.1) is 5.10 Å². The molecule has 0 aliphatic carbocycles. The van der Waals surface area contributed by atoms with Gasteiger partial charge in [0.15, 0.2) is 11.5 Å².